The first-order chi connectivity index (χ1) is 8.14. The van der Waals surface area contributed by atoms with Crippen molar-refractivity contribution in [2.45, 2.75) is 58.7 Å². The van der Waals surface area contributed by atoms with Gasteiger partial charge in [0.15, 0.2) is 5.78 Å². The summed E-state index contributed by atoms with van der Waals surface area (Å²) in [7, 11) is 0. The molecule has 3 nitrogen and oxygen atoms in total. The summed E-state index contributed by atoms with van der Waals surface area (Å²) < 4.78 is 0. The van der Waals surface area contributed by atoms with Crippen molar-refractivity contribution in [2.24, 2.45) is 17.3 Å². The molecule has 0 spiro atoms. The zero-order valence-electron chi connectivity index (χ0n) is 11.7. The first-order valence-corrected chi connectivity index (χ1v) is 6.80. The molecule has 1 fully saturated rings. The largest absolute Gasteiger partial charge is 0.390 e. The highest BCUT2D eigenvalue weighted by Crippen LogP contribution is 2.53. The summed E-state index contributed by atoms with van der Waals surface area (Å²) >= 11 is 0. The van der Waals surface area contributed by atoms with Crippen molar-refractivity contribution in [2.75, 3.05) is 0 Å². The molecule has 0 unspecified atom stereocenters. The smallest absolute Gasteiger partial charge is 0.156 e. The molecule has 2 N–H and O–H groups in total. The third-order valence-corrected chi connectivity index (χ3v) is 5.11. The van der Waals surface area contributed by atoms with Crippen molar-refractivity contribution in [3.8, 4) is 0 Å². The quantitative estimate of drug-likeness (QED) is 0.751. The molecule has 1 saturated carbocycles. The fourth-order valence-electron chi connectivity index (χ4n) is 3.53. The molecule has 2 rings (SSSR count). The Morgan fingerprint density at radius 2 is 2.06 bits per heavy atom. The molecule has 0 amide bonds. The minimum atomic E-state index is -0.781. The van der Waals surface area contributed by atoms with E-state index in [0.29, 0.717) is 12.8 Å². The van der Waals surface area contributed by atoms with Crippen LogP contribution in [0.3, 0.4) is 0 Å². The lowest BCUT2D eigenvalue weighted by Gasteiger charge is -2.51. The summed E-state index contributed by atoms with van der Waals surface area (Å²) in [6, 6.07) is 0. The van der Waals surface area contributed by atoms with E-state index in [9.17, 15) is 15.0 Å². The van der Waals surface area contributed by atoms with E-state index in [1.165, 1.54) is 0 Å². The molecule has 0 saturated heterocycles. The predicted octanol–water partition coefficient (Wildman–Crippen LogP) is 2.07. The molecular weight excluding hydrogens is 228 g/mol. The highest BCUT2D eigenvalue weighted by molar-refractivity contribution is 5.92. The second kappa shape index (κ2) is 4.17. The van der Waals surface area contributed by atoms with Crippen molar-refractivity contribution in [1.29, 1.82) is 0 Å². The number of aliphatic hydroxyl groups excluding tert-OH is 1. The minimum absolute atomic E-state index is 0.0744. The van der Waals surface area contributed by atoms with Crippen LogP contribution < -0.4 is 0 Å². The fourth-order valence-corrected chi connectivity index (χ4v) is 3.53. The minimum Gasteiger partial charge on any atom is -0.390 e. The number of rotatable bonds is 1. The SMILES string of the molecule is C[C@H]1CC(=O)C=C2[C@@H](O)C[C@H](C(C)(C)O)C[C@]21C. The molecule has 102 valence electrons. The lowest BCUT2D eigenvalue weighted by Crippen LogP contribution is -2.49. The average Bonchev–Trinajstić information content (AvgIpc) is 2.20. The first kappa shape index (κ1) is 13.8. The Kier molecular flexibility index (Phi) is 3.19. The molecule has 2 aliphatic carbocycles. The van der Waals surface area contributed by atoms with Gasteiger partial charge < -0.3 is 10.2 Å². The summed E-state index contributed by atoms with van der Waals surface area (Å²) in [5.41, 5.74) is -0.0563. The standard InChI is InChI=1S/C15H24O3/c1-9-5-11(16)7-12-13(17)6-10(14(2,3)18)8-15(9,12)4/h7,9-10,13,17-18H,5-6,8H2,1-4H3/t9-,10-,13-,15-/m0/s1. The van der Waals surface area contributed by atoms with Crippen molar-refractivity contribution in [1.82, 2.24) is 0 Å². The van der Waals surface area contributed by atoms with Gasteiger partial charge in [0, 0.05) is 6.42 Å². The van der Waals surface area contributed by atoms with Crippen LogP contribution in [-0.2, 0) is 4.79 Å². The van der Waals surface area contributed by atoms with Gasteiger partial charge in [-0.1, -0.05) is 13.8 Å². The van der Waals surface area contributed by atoms with E-state index in [2.05, 4.69) is 13.8 Å². The van der Waals surface area contributed by atoms with Crippen molar-refractivity contribution in [3.63, 3.8) is 0 Å². The summed E-state index contributed by atoms with van der Waals surface area (Å²) in [5, 5.41) is 20.5. The highest BCUT2D eigenvalue weighted by atomic mass is 16.3. The van der Waals surface area contributed by atoms with Gasteiger partial charge in [-0.05, 0) is 55.6 Å². The van der Waals surface area contributed by atoms with E-state index in [1.807, 2.05) is 0 Å². The van der Waals surface area contributed by atoms with Gasteiger partial charge in [0.25, 0.3) is 0 Å². The molecule has 4 atom stereocenters. The monoisotopic (exact) mass is 252 g/mol. The molecule has 0 aromatic heterocycles. The predicted molar refractivity (Wildman–Crippen MR) is 70.0 cm³/mol. The van der Waals surface area contributed by atoms with E-state index in [-0.39, 0.29) is 23.0 Å². The normalized spacial score (nSPS) is 41.3. The average molecular weight is 252 g/mol. The Labute approximate surface area is 109 Å². The number of aliphatic hydroxyl groups is 2. The number of allylic oxidation sites excluding steroid dienone is 1. The molecular formula is C15H24O3. The second-order valence-corrected chi connectivity index (χ2v) is 6.89. The molecule has 18 heavy (non-hydrogen) atoms. The van der Waals surface area contributed by atoms with Gasteiger partial charge in [0.2, 0.25) is 0 Å². The molecule has 2 aliphatic rings. The molecule has 0 heterocycles. The Morgan fingerprint density at radius 3 is 2.61 bits per heavy atom. The third-order valence-electron chi connectivity index (χ3n) is 5.11. The van der Waals surface area contributed by atoms with Crippen molar-refractivity contribution >= 4 is 5.78 Å². The molecule has 3 heteroatoms. The Hall–Kier alpha value is -0.670. The van der Waals surface area contributed by atoms with Gasteiger partial charge in [-0.15, -0.1) is 0 Å². The number of carbonyl (C=O) groups excluding carboxylic acids is 1. The summed E-state index contributed by atoms with van der Waals surface area (Å²) in [5.74, 6) is 0.422. The molecule has 0 radical (unpaired) electrons. The zero-order valence-corrected chi connectivity index (χ0v) is 11.7. The lowest BCUT2D eigenvalue weighted by molar-refractivity contribution is -0.118. The second-order valence-electron chi connectivity index (χ2n) is 6.89. The third kappa shape index (κ3) is 2.14. The van der Waals surface area contributed by atoms with Crippen LogP contribution in [0.15, 0.2) is 11.6 Å². The molecule has 0 aromatic carbocycles. The van der Waals surface area contributed by atoms with E-state index in [1.54, 1.807) is 19.9 Å². The lowest BCUT2D eigenvalue weighted by atomic mass is 9.55. The number of ketones is 1. The highest BCUT2D eigenvalue weighted by Gasteiger charge is 2.49. The van der Waals surface area contributed by atoms with Crippen LogP contribution in [0.4, 0.5) is 0 Å². The zero-order chi connectivity index (χ0) is 13.7. The van der Waals surface area contributed by atoms with Gasteiger partial charge in [-0.3, -0.25) is 4.79 Å². The Morgan fingerprint density at radius 1 is 1.44 bits per heavy atom. The number of hydrogen-bond donors (Lipinski definition) is 2. The van der Waals surface area contributed by atoms with E-state index in [4.69, 9.17) is 0 Å². The van der Waals surface area contributed by atoms with Crippen LogP contribution in [-0.4, -0.2) is 27.7 Å². The van der Waals surface area contributed by atoms with Crippen molar-refractivity contribution in [3.05, 3.63) is 11.6 Å². The summed E-state index contributed by atoms with van der Waals surface area (Å²) in [6.07, 6.45) is 2.99. The van der Waals surface area contributed by atoms with Gasteiger partial charge in [0.1, 0.15) is 0 Å². The maximum atomic E-state index is 11.7. The Balaban J connectivity index is 2.38. The van der Waals surface area contributed by atoms with Gasteiger partial charge in [0.05, 0.1) is 11.7 Å². The van der Waals surface area contributed by atoms with E-state index in [0.717, 1.165) is 12.0 Å². The van der Waals surface area contributed by atoms with Crippen LogP contribution in [0.2, 0.25) is 0 Å². The summed E-state index contributed by atoms with van der Waals surface area (Å²) in [4.78, 5) is 11.7. The Bertz CT molecular complexity index is 391. The van der Waals surface area contributed by atoms with E-state index < -0.39 is 11.7 Å². The molecule has 0 aliphatic heterocycles. The van der Waals surface area contributed by atoms with Gasteiger partial charge >= 0.3 is 0 Å². The van der Waals surface area contributed by atoms with Crippen LogP contribution in [0.5, 0.6) is 0 Å². The summed E-state index contributed by atoms with van der Waals surface area (Å²) in [6.45, 7) is 7.81. The topological polar surface area (TPSA) is 57.5 Å². The molecule has 0 aromatic rings. The number of fused-ring (bicyclic) bond motifs is 1. The van der Waals surface area contributed by atoms with E-state index >= 15 is 0 Å². The number of hydrogen-bond acceptors (Lipinski definition) is 3. The first-order valence-electron chi connectivity index (χ1n) is 6.80. The number of carbonyl (C=O) groups is 1. The van der Waals surface area contributed by atoms with Crippen molar-refractivity contribution < 1.29 is 15.0 Å². The van der Waals surface area contributed by atoms with Crippen LogP contribution in [0.1, 0.15) is 47.0 Å². The van der Waals surface area contributed by atoms with Gasteiger partial charge in [-0.25, -0.2) is 0 Å². The van der Waals surface area contributed by atoms with Crippen LogP contribution >= 0.6 is 0 Å². The van der Waals surface area contributed by atoms with Crippen LogP contribution in [0, 0.1) is 17.3 Å². The molecule has 0 bridgehead atoms. The van der Waals surface area contributed by atoms with Crippen LogP contribution in [0.25, 0.3) is 0 Å². The maximum Gasteiger partial charge on any atom is 0.156 e. The van der Waals surface area contributed by atoms with Gasteiger partial charge in [-0.2, -0.15) is 0 Å². The fraction of sp³-hybridized carbons (Fsp3) is 0.800. The maximum absolute atomic E-state index is 11.7.